The highest BCUT2D eigenvalue weighted by molar-refractivity contribution is 6.12. The standard InChI is InChI=1S/C51H37N/c1-51(2)46-29-28-39(33-45(46)44-31-37-19-6-7-20-38(37)32-47(44)51)52(48-26-13-12-23-41(48)35-15-4-3-5-16-35)49-30-27-36-18-9-11-24-42(36)50(49)43-25-14-21-34-17-8-10-22-40(34)43/h3-33H,1-2H3. The molecule has 0 bridgehead atoms. The fraction of sp³-hybridized carbons (Fsp3) is 0.0588. The maximum atomic E-state index is 2.51. The summed E-state index contributed by atoms with van der Waals surface area (Å²) in [5, 5.41) is 7.50. The smallest absolute Gasteiger partial charge is 0.0546 e. The second-order valence-electron chi connectivity index (χ2n) is 14.5. The minimum absolute atomic E-state index is 0.114. The second-order valence-corrected chi connectivity index (χ2v) is 14.5. The van der Waals surface area contributed by atoms with E-state index in [4.69, 9.17) is 0 Å². The SMILES string of the molecule is CC1(C)c2ccc(N(c3ccccc3-c3ccccc3)c3ccc4ccccc4c3-c3cccc4ccccc34)cc2-c2cc3ccccc3cc21. The van der Waals surface area contributed by atoms with Gasteiger partial charge < -0.3 is 4.90 Å². The molecule has 9 aromatic carbocycles. The third-order valence-electron chi connectivity index (χ3n) is 11.2. The summed E-state index contributed by atoms with van der Waals surface area (Å²) in [5.41, 5.74) is 13.5. The maximum Gasteiger partial charge on any atom is 0.0546 e. The van der Waals surface area contributed by atoms with E-state index in [1.807, 2.05) is 0 Å². The molecule has 246 valence electrons. The molecule has 0 spiro atoms. The first-order valence-electron chi connectivity index (χ1n) is 18.2. The van der Waals surface area contributed by atoms with Crippen LogP contribution in [0.2, 0.25) is 0 Å². The van der Waals surface area contributed by atoms with Gasteiger partial charge in [-0.05, 0) is 102 Å². The average Bonchev–Trinajstić information content (AvgIpc) is 3.41. The molecule has 0 amide bonds. The summed E-state index contributed by atoms with van der Waals surface area (Å²) in [6.07, 6.45) is 0. The fourth-order valence-electron chi connectivity index (χ4n) is 8.68. The van der Waals surface area contributed by atoms with Crippen molar-refractivity contribution < 1.29 is 0 Å². The predicted molar refractivity (Wildman–Crippen MR) is 222 cm³/mol. The zero-order valence-electron chi connectivity index (χ0n) is 29.3. The Morgan fingerprint density at radius 2 is 0.962 bits per heavy atom. The lowest BCUT2D eigenvalue weighted by molar-refractivity contribution is 0.661. The normalized spacial score (nSPS) is 13.0. The van der Waals surface area contributed by atoms with E-state index in [-0.39, 0.29) is 5.41 Å². The quantitative estimate of drug-likeness (QED) is 0.177. The molecule has 0 unspecified atom stereocenters. The highest BCUT2D eigenvalue weighted by Crippen LogP contribution is 2.53. The Bertz CT molecular complexity index is 2820. The van der Waals surface area contributed by atoms with Gasteiger partial charge in [-0.3, -0.25) is 0 Å². The van der Waals surface area contributed by atoms with Gasteiger partial charge in [0.2, 0.25) is 0 Å². The van der Waals surface area contributed by atoms with Gasteiger partial charge in [-0.2, -0.15) is 0 Å². The van der Waals surface area contributed by atoms with Crippen molar-refractivity contribution in [1.82, 2.24) is 0 Å². The van der Waals surface area contributed by atoms with Crippen molar-refractivity contribution in [2.75, 3.05) is 4.90 Å². The van der Waals surface area contributed by atoms with Crippen LogP contribution in [0.4, 0.5) is 17.1 Å². The molecule has 10 rings (SSSR count). The van der Waals surface area contributed by atoms with Crippen LogP contribution in [0.1, 0.15) is 25.0 Å². The molecule has 0 N–H and O–H groups in total. The first kappa shape index (κ1) is 30.4. The van der Waals surface area contributed by atoms with Gasteiger partial charge in [0.15, 0.2) is 0 Å². The molecule has 9 aromatic rings. The van der Waals surface area contributed by atoms with E-state index in [0.717, 1.165) is 17.1 Å². The summed E-state index contributed by atoms with van der Waals surface area (Å²) in [5.74, 6) is 0. The third-order valence-corrected chi connectivity index (χ3v) is 11.2. The zero-order chi connectivity index (χ0) is 34.8. The van der Waals surface area contributed by atoms with Gasteiger partial charge in [0.05, 0.1) is 11.4 Å². The van der Waals surface area contributed by atoms with E-state index < -0.39 is 0 Å². The summed E-state index contributed by atoms with van der Waals surface area (Å²) in [7, 11) is 0. The summed E-state index contributed by atoms with van der Waals surface area (Å²) in [6, 6.07) is 69.3. The highest BCUT2D eigenvalue weighted by atomic mass is 15.1. The van der Waals surface area contributed by atoms with E-state index in [9.17, 15) is 0 Å². The van der Waals surface area contributed by atoms with E-state index in [0.29, 0.717) is 0 Å². The van der Waals surface area contributed by atoms with Crippen LogP contribution in [0.15, 0.2) is 188 Å². The van der Waals surface area contributed by atoms with Gasteiger partial charge in [-0.1, -0.05) is 166 Å². The number of rotatable bonds is 5. The maximum absolute atomic E-state index is 2.51. The number of hydrogen-bond donors (Lipinski definition) is 0. The van der Waals surface area contributed by atoms with Crippen LogP contribution in [0.5, 0.6) is 0 Å². The van der Waals surface area contributed by atoms with Gasteiger partial charge in [-0.25, -0.2) is 0 Å². The molecule has 0 aliphatic heterocycles. The van der Waals surface area contributed by atoms with Crippen molar-refractivity contribution >= 4 is 49.4 Å². The van der Waals surface area contributed by atoms with Gasteiger partial charge in [-0.15, -0.1) is 0 Å². The molecule has 1 heteroatoms. The molecule has 0 radical (unpaired) electrons. The van der Waals surface area contributed by atoms with Crippen LogP contribution in [0.25, 0.3) is 65.7 Å². The molecule has 0 saturated heterocycles. The predicted octanol–water partition coefficient (Wildman–Crippen LogP) is 14.3. The summed E-state index contributed by atoms with van der Waals surface area (Å²) in [6.45, 7) is 4.74. The number of nitrogens with zero attached hydrogens (tertiary/aromatic N) is 1. The lowest BCUT2D eigenvalue weighted by atomic mass is 9.82. The van der Waals surface area contributed by atoms with Crippen molar-refractivity contribution in [3.8, 4) is 33.4 Å². The number of anilines is 3. The molecular weight excluding hydrogens is 627 g/mol. The number of hydrogen-bond acceptors (Lipinski definition) is 1. The molecule has 0 saturated carbocycles. The van der Waals surface area contributed by atoms with Crippen molar-refractivity contribution in [1.29, 1.82) is 0 Å². The minimum atomic E-state index is -0.114. The molecule has 0 heterocycles. The second kappa shape index (κ2) is 11.8. The summed E-state index contributed by atoms with van der Waals surface area (Å²) in [4.78, 5) is 2.51. The largest absolute Gasteiger partial charge is 0.309 e. The van der Waals surface area contributed by atoms with Crippen LogP contribution >= 0.6 is 0 Å². The fourth-order valence-corrected chi connectivity index (χ4v) is 8.68. The lowest BCUT2D eigenvalue weighted by Gasteiger charge is -2.31. The van der Waals surface area contributed by atoms with Gasteiger partial charge in [0.1, 0.15) is 0 Å². The van der Waals surface area contributed by atoms with Crippen LogP contribution < -0.4 is 4.90 Å². The Labute approximate surface area is 305 Å². The van der Waals surface area contributed by atoms with Crippen molar-refractivity contribution in [3.63, 3.8) is 0 Å². The van der Waals surface area contributed by atoms with Crippen molar-refractivity contribution in [2.45, 2.75) is 19.3 Å². The van der Waals surface area contributed by atoms with Crippen LogP contribution in [0.3, 0.4) is 0 Å². The van der Waals surface area contributed by atoms with E-state index in [1.165, 1.54) is 76.8 Å². The molecule has 1 nitrogen and oxygen atoms in total. The summed E-state index contributed by atoms with van der Waals surface area (Å²) < 4.78 is 0. The van der Waals surface area contributed by atoms with E-state index in [2.05, 4.69) is 207 Å². The first-order valence-corrected chi connectivity index (χ1v) is 18.2. The molecule has 0 fully saturated rings. The van der Waals surface area contributed by atoms with Crippen molar-refractivity contribution in [2.24, 2.45) is 0 Å². The monoisotopic (exact) mass is 663 g/mol. The Morgan fingerprint density at radius 1 is 0.365 bits per heavy atom. The molecular formula is C51H37N. The third kappa shape index (κ3) is 4.70. The Balaban J connectivity index is 1.30. The van der Waals surface area contributed by atoms with Gasteiger partial charge >= 0.3 is 0 Å². The van der Waals surface area contributed by atoms with Gasteiger partial charge in [0.25, 0.3) is 0 Å². The minimum Gasteiger partial charge on any atom is -0.309 e. The molecule has 1 aliphatic carbocycles. The molecule has 0 aromatic heterocycles. The Kier molecular flexibility index (Phi) is 6.91. The van der Waals surface area contributed by atoms with Gasteiger partial charge in [0, 0.05) is 22.2 Å². The molecule has 52 heavy (non-hydrogen) atoms. The summed E-state index contributed by atoms with van der Waals surface area (Å²) >= 11 is 0. The number of fused-ring (bicyclic) bond motifs is 6. The van der Waals surface area contributed by atoms with Crippen molar-refractivity contribution in [3.05, 3.63) is 199 Å². The first-order chi connectivity index (χ1) is 25.6. The molecule has 1 aliphatic rings. The van der Waals surface area contributed by atoms with Crippen LogP contribution in [0, 0.1) is 0 Å². The van der Waals surface area contributed by atoms with Crippen LogP contribution in [-0.2, 0) is 5.41 Å². The Morgan fingerprint density at radius 3 is 1.77 bits per heavy atom. The molecule has 0 atom stereocenters. The highest BCUT2D eigenvalue weighted by Gasteiger charge is 2.36. The topological polar surface area (TPSA) is 3.24 Å². The van der Waals surface area contributed by atoms with E-state index >= 15 is 0 Å². The van der Waals surface area contributed by atoms with Crippen LogP contribution in [-0.4, -0.2) is 0 Å². The number of para-hydroxylation sites is 1. The Hall–Kier alpha value is -6.44. The lowest BCUT2D eigenvalue weighted by Crippen LogP contribution is -2.16. The zero-order valence-corrected chi connectivity index (χ0v) is 29.3. The van der Waals surface area contributed by atoms with E-state index in [1.54, 1.807) is 0 Å². The number of benzene rings is 9. The average molecular weight is 664 g/mol.